The molecule has 64 valence electrons. The summed E-state index contributed by atoms with van der Waals surface area (Å²) in [6, 6.07) is 0. The van der Waals surface area contributed by atoms with E-state index < -0.39 is 24.0 Å². The summed E-state index contributed by atoms with van der Waals surface area (Å²) < 4.78 is 0. The standard InChI is InChI=1S/C6H10O5/c1-2-3(5(8)9)4(7)6(10)11/h3-4,7H,2H2,1H3,(H,8,9)(H,10,11)/t3-,4+/m0/s1. The fourth-order valence-corrected chi connectivity index (χ4v) is 0.705. The normalized spacial score (nSPS) is 15.5. The van der Waals surface area contributed by atoms with Crippen molar-refractivity contribution in [1.29, 1.82) is 0 Å². The Labute approximate surface area is 63.3 Å². The molecule has 0 amide bonds. The Kier molecular flexibility index (Phi) is 3.53. The summed E-state index contributed by atoms with van der Waals surface area (Å²) in [7, 11) is 0. The van der Waals surface area contributed by atoms with E-state index in [-0.39, 0.29) is 6.42 Å². The first-order valence-electron chi connectivity index (χ1n) is 3.14. The first kappa shape index (κ1) is 9.90. The average molecular weight is 162 g/mol. The summed E-state index contributed by atoms with van der Waals surface area (Å²) in [5, 5.41) is 25.4. The second kappa shape index (κ2) is 3.92. The number of aliphatic hydroxyl groups excluding tert-OH is 1. The summed E-state index contributed by atoms with van der Waals surface area (Å²) in [5.74, 6) is -4.01. The lowest BCUT2D eigenvalue weighted by atomic mass is 10.0. The molecule has 0 saturated heterocycles. The number of hydrogen-bond acceptors (Lipinski definition) is 3. The summed E-state index contributed by atoms with van der Waals surface area (Å²) in [6.07, 6.45) is -1.71. The zero-order chi connectivity index (χ0) is 9.02. The highest BCUT2D eigenvalue weighted by atomic mass is 16.4. The fraction of sp³-hybridized carbons (Fsp3) is 0.667. The van der Waals surface area contributed by atoms with Crippen molar-refractivity contribution in [3.8, 4) is 0 Å². The van der Waals surface area contributed by atoms with Crippen LogP contribution in [0.1, 0.15) is 13.3 Å². The molecular formula is C6H10O5. The van der Waals surface area contributed by atoms with Crippen molar-refractivity contribution in [2.45, 2.75) is 19.4 Å². The largest absolute Gasteiger partial charge is 0.481 e. The van der Waals surface area contributed by atoms with Gasteiger partial charge in [-0.25, -0.2) is 4.79 Å². The van der Waals surface area contributed by atoms with Crippen molar-refractivity contribution >= 4 is 11.9 Å². The Bertz CT molecular complexity index is 164. The molecule has 0 fully saturated rings. The Morgan fingerprint density at radius 3 is 1.82 bits per heavy atom. The van der Waals surface area contributed by atoms with Gasteiger partial charge in [0.05, 0.1) is 5.92 Å². The fourth-order valence-electron chi connectivity index (χ4n) is 0.705. The van der Waals surface area contributed by atoms with E-state index in [9.17, 15) is 9.59 Å². The van der Waals surface area contributed by atoms with Gasteiger partial charge in [0.2, 0.25) is 0 Å². The highest BCUT2D eigenvalue weighted by Crippen LogP contribution is 2.08. The third kappa shape index (κ3) is 2.55. The van der Waals surface area contributed by atoms with Crippen molar-refractivity contribution in [2.24, 2.45) is 5.92 Å². The Hall–Kier alpha value is -1.10. The average Bonchev–Trinajstić information content (AvgIpc) is 1.88. The van der Waals surface area contributed by atoms with Crippen LogP contribution in [-0.4, -0.2) is 33.4 Å². The van der Waals surface area contributed by atoms with Crippen LogP contribution in [0.4, 0.5) is 0 Å². The minimum Gasteiger partial charge on any atom is -0.481 e. The van der Waals surface area contributed by atoms with Crippen LogP contribution < -0.4 is 0 Å². The third-order valence-electron chi connectivity index (χ3n) is 1.39. The lowest BCUT2D eigenvalue weighted by Gasteiger charge is -2.12. The van der Waals surface area contributed by atoms with Gasteiger partial charge in [-0.3, -0.25) is 4.79 Å². The molecule has 0 aliphatic carbocycles. The molecule has 0 aliphatic rings. The van der Waals surface area contributed by atoms with Crippen LogP contribution in [-0.2, 0) is 9.59 Å². The smallest absolute Gasteiger partial charge is 0.333 e. The minimum absolute atomic E-state index is 0.100. The van der Waals surface area contributed by atoms with Crippen molar-refractivity contribution in [3.63, 3.8) is 0 Å². The Balaban J connectivity index is 4.25. The summed E-state index contributed by atoms with van der Waals surface area (Å²) in [4.78, 5) is 20.3. The number of aliphatic carboxylic acids is 2. The van der Waals surface area contributed by atoms with Crippen LogP contribution >= 0.6 is 0 Å². The maximum atomic E-state index is 10.3. The molecule has 0 bridgehead atoms. The monoisotopic (exact) mass is 162 g/mol. The zero-order valence-electron chi connectivity index (χ0n) is 6.02. The molecule has 0 aliphatic heterocycles. The molecule has 5 nitrogen and oxygen atoms in total. The number of carboxylic acids is 2. The Morgan fingerprint density at radius 2 is 1.73 bits per heavy atom. The molecule has 0 heterocycles. The van der Waals surface area contributed by atoms with E-state index in [4.69, 9.17) is 15.3 Å². The number of rotatable bonds is 4. The van der Waals surface area contributed by atoms with E-state index in [1.54, 1.807) is 0 Å². The number of carboxylic acid groups (broad SMARTS) is 2. The lowest BCUT2D eigenvalue weighted by Crippen LogP contribution is -2.34. The topological polar surface area (TPSA) is 94.8 Å². The molecule has 2 atom stereocenters. The summed E-state index contributed by atoms with van der Waals surface area (Å²) in [6.45, 7) is 1.50. The van der Waals surface area contributed by atoms with E-state index in [2.05, 4.69) is 0 Å². The van der Waals surface area contributed by atoms with Crippen LogP contribution in [0, 0.1) is 5.92 Å². The predicted molar refractivity (Wildman–Crippen MR) is 35.1 cm³/mol. The molecule has 5 heteroatoms. The van der Waals surface area contributed by atoms with Gasteiger partial charge in [-0.05, 0) is 6.42 Å². The van der Waals surface area contributed by atoms with Gasteiger partial charge >= 0.3 is 11.9 Å². The van der Waals surface area contributed by atoms with Crippen molar-refractivity contribution in [2.75, 3.05) is 0 Å². The van der Waals surface area contributed by atoms with Gasteiger partial charge in [-0.1, -0.05) is 6.92 Å². The van der Waals surface area contributed by atoms with E-state index in [0.29, 0.717) is 0 Å². The number of carbonyl (C=O) groups is 2. The van der Waals surface area contributed by atoms with Crippen molar-refractivity contribution in [1.82, 2.24) is 0 Å². The van der Waals surface area contributed by atoms with E-state index in [0.717, 1.165) is 0 Å². The lowest BCUT2D eigenvalue weighted by molar-refractivity contribution is -0.159. The van der Waals surface area contributed by atoms with Gasteiger partial charge in [0.25, 0.3) is 0 Å². The van der Waals surface area contributed by atoms with Crippen LogP contribution in [0.5, 0.6) is 0 Å². The summed E-state index contributed by atoms with van der Waals surface area (Å²) >= 11 is 0. The van der Waals surface area contributed by atoms with Gasteiger partial charge < -0.3 is 15.3 Å². The first-order valence-corrected chi connectivity index (χ1v) is 3.14. The highest BCUT2D eigenvalue weighted by Gasteiger charge is 2.29. The summed E-state index contributed by atoms with van der Waals surface area (Å²) in [5.41, 5.74) is 0. The van der Waals surface area contributed by atoms with Gasteiger partial charge in [0.15, 0.2) is 6.10 Å². The number of aliphatic hydroxyl groups is 1. The Morgan fingerprint density at radius 1 is 1.27 bits per heavy atom. The van der Waals surface area contributed by atoms with E-state index in [1.165, 1.54) is 6.92 Å². The second-order valence-corrected chi connectivity index (χ2v) is 2.14. The molecule has 0 radical (unpaired) electrons. The number of hydrogen-bond donors (Lipinski definition) is 3. The van der Waals surface area contributed by atoms with Crippen molar-refractivity contribution < 1.29 is 24.9 Å². The molecule has 0 saturated carbocycles. The van der Waals surface area contributed by atoms with Gasteiger partial charge in [-0.2, -0.15) is 0 Å². The minimum atomic E-state index is -1.81. The molecule has 0 spiro atoms. The van der Waals surface area contributed by atoms with Gasteiger partial charge in [0, 0.05) is 0 Å². The third-order valence-corrected chi connectivity index (χ3v) is 1.39. The van der Waals surface area contributed by atoms with Crippen LogP contribution in [0.25, 0.3) is 0 Å². The van der Waals surface area contributed by atoms with Gasteiger partial charge in [-0.15, -0.1) is 0 Å². The van der Waals surface area contributed by atoms with Gasteiger partial charge in [0.1, 0.15) is 0 Å². The van der Waals surface area contributed by atoms with E-state index >= 15 is 0 Å². The quantitative estimate of drug-likeness (QED) is 0.520. The van der Waals surface area contributed by atoms with E-state index in [1.807, 2.05) is 0 Å². The molecule has 0 aromatic heterocycles. The first-order chi connectivity index (χ1) is 5.00. The van der Waals surface area contributed by atoms with Crippen LogP contribution in [0.2, 0.25) is 0 Å². The molecule has 0 unspecified atom stereocenters. The molecule has 0 rings (SSSR count). The van der Waals surface area contributed by atoms with Crippen LogP contribution in [0.15, 0.2) is 0 Å². The molecule has 0 aromatic rings. The molecule has 11 heavy (non-hydrogen) atoms. The molecule has 3 N–H and O–H groups in total. The maximum Gasteiger partial charge on any atom is 0.333 e. The molecular weight excluding hydrogens is 152 g/mol. The highest BCUT2D eigenvalue weighted by molar-refractivity contribution is 5.81. The maximum absolute atomic E-state index is 10.3. The van der Waals surface area contributed by atoms with Crippen LogP contribution in [0.3, 0.4) is 0 Å². The molecule has 0 aromatic carbocycles. The second-order valence-electron chi connectivity index (χ2n) is 2.14. The predicted octanol–water partition coefficient (Wildman–Crippen LogP) is -0.457. The zero-order valence-corrected chi connectivity index (χ0v) is 6.02. The van der Waals surface area contributed by atoms with Crippen molar-refractivity contribution in [3.05, 3.63) is 0 Å². The SMILES string of the molecule is CC[C@H](C(=O)O)[C@@H](O)C(=O)O.